The average molecular weight is 425 g/mol. The van der Waals surface area contributed by atoms with Gasteiger partial charge in [0.05, 0.1) is 11.6 Å². The molecule has 2 N–H and O–H groups in total. The minimum Gasteiger partial charge on any atom is -0.357 e. The fourth-order valence-corrected chi connectivity index (χ4v) is 6.02. The highest BCUT2D eigenvalue weighted by molar-refractivity contribution is 5.86. The molecule has 0 aromatic carbocycles. The van der Waals surface area contributed by atoms with Crippen LogP contribution in [-0.2, 0) is 9.59 Å². The molecular weight excluding hydrogens is 392 g/mol. The highest BCUT2D eigenvalue weighted by Gasteiger charge is 2.49. The van der Waals surface area contributed by atoms with Gasteiger partial charge in [0.2, 0.25) is 11.8 Å². The lowest BCUT2D eigenvalue weighted by Gasteiger charge is -2.56. The number of carbonyl (C=O) groups excluding carboxylic acids is 2. The quantitative estimate of drug-likeness (QED) is 0.769. The standard InChI is InChI=1S/C23H32N6O2/c1-3-5-20(30)25-11-19-16-10-15(18-6-4-7-21(31)29(18)19)12-28(13-16)23-22-17(8-9-24-22)26-14(2)27-23/h8-9,15-16,18-19,24H,3-7,10-13H2,1-2H3,(H,25,30)/t15-,16+,18+,19+/m1/s1. The lowest BCUT2D eigenvalue weighted by atomic mass is 9.72. The Labute approximate surface area is 182 Å². The van der Waals surface area contributed by atoms with Crippen molar-refractivity contribution in [2.75, 3.05) is 24.5 Å². The monoisotopic (exact) mass is 424 g/mol. The minimum absolute atomic E-state index is 0.0553. The number of hydrogen-bond donors (Lipinski definition) is 2. The number of aryl methyl sites for hydroxylation is 1. The first-order valence-corrected chi connectivity index (χ1v) is 11.7. The number of aromatic amines is 1. The van der Waals surface area contributed by atoms with Gasteiger partial charge >= 0.3 is 0 Å². The molecule has 3 saturated heterocycles. The van der Waals surface area contributed by atoms with Crippen LogP contribution in [0.3, 0.4) is 0 Å². The van der Waals surface area contributed by atoms with Crippen LogP contribution in [0.15, 0.2) is 12.3 Å². The fraction of sp³-hybridized carbons (Fsp3) is 0.652. The van der Waals surface area contributed by atoms with Gasteiger partial charge in [-0.15, -0.1) is 0 Å². The van der Waals surface area contributed by atoms with E-state index in [-0.39, 0.29) is 23.9 Å². The molecule has 5 heterocycles. The number of amides is 2. The first-order chi connectivity index (χ1) is 15.0. The van der Waals surface area contributed by atoms with Crippen LogP contribution in [0.1, 0.15) is 51.3 Å². The van der Waals surface area contributed by atoms with Crippen molar-refractivity contribution >= 4 is 28.7 Å². The Morgan fingerprint density at radius 3 is 2.97 bits per heavy atom. The van der Waals surface area contributed by atoms with E-state index in [2.05, 4.69) is 25.1 Å². The summed E-state index contributed by atoms with van der Waals surface area (Å²) < 4.78 is 0. The van der Waals surface area contributed by atoms with Crippen LogP contribution in [0.5, 0.6) is 0 Å². The molecule has 0 radical (unpaired) electrons. The maximum Gasteiger partial charge on any atom is 0.223 e. The Morgan fingerprint density at radius 1 is 1.29 bits per heavy atom. The van der Waals surface area contributed by atoms with Gasteiger partial charge in [-0.05, 0) is 50.5 Å². The van der Waals surface area contributed by atoms with Crippen molar-refractivity contribution in [3.05, 3.63) is 18.1 Å². The van der Waals surface area contributed by atoms with Gasteiger partial charge in [-0.2, -0.15) is 0 Å². The summed E-state index contributed by atoms with van der Waals surface area (Å²) in [7, 11) is 0. The van der Waals surface area contributed by atoms with E-state index in [1.807, 2.05) is 26.1 Å². The summed E-state index contributed by atoms with van der Waals surface area (Å²) in [6.45, 7) is 6.25. The number of aromatic nitrogens is 3. The van der Waals surface area contributed by atoms with Gasteiger partial charge in [-0.1, -0.05) is 6.92 Å². The van der Waals surface area contributed by atoms with E-state index in [0.29, 0.717) is 31.2 Å². The van der Waals surface area contributed by atoms with Crippen LogP contribution >= 0.6 is 0 Å². The van der Waals surface area contributed by atoms with Gasteiger partial charge in [0.25, 0.3) is 0 Å². The predicted octanol–water partition coefficient (Wildman–Crippen LogP) is 2.39. The molecule has 2 aromatic heterocycles. The zero-order valence-corrected chi connectivity index (χ0v) is 18.4. The topological polar surface area (TPSA) is 94.2 Å². The summed E-state index contributed by atoms with van der Waals surface area (Å²) in [6, 6.07) is 2.31. The maximum absolute atomic E-state index is 13.0. The number of H-pyrrole nitrogens is 1. The SMILES string of the molecule is CCCC(=O)NC[C@H]1[C@H]2C[C@H](CN(c3nc(C)nc4cc[nH]c34)C2)[C@@H]2CCCC(=O)N21. The molecule has 31 heavy (non-hydrogen) atoms. The summed E-state index contributed by atoms with van der Waals surface area (Å²) in [4.78, 5) is 42.4. The fourth-order valence-electron chi connectivity index (χ4n) is 6.02. The van der Waals surface area contributed by atoms with Crippen molar-refractivity contribution in [1.29, 1.82) is 0 Å². The first kappa shape index (κ1) is 20.3. The molecule has 0 saturated carbocycles. The Hall–Kier alpha value is -2.64. The maximum atomic E-state index is 13.0. The van der Waals surface area contributed by atoms with Crippen LogP contribution in [0.25, 0.3) is 11.0 Å². The third kappa shape index (κ3) is 3.66. The van der Waals surface area contributed by atoms with E-state index in [1.54, 1.807) is 0 Å². The van der Waals surface area contributed by atoms with Crippen LogP contribution in [0.4, 0.5) is 5.82 Å². The van der Waals surface area contributed by atoms with Gasteiger partial charge in [-0.3, -0.25) is 9.59 Å². The van der Waals surface area contributed by atoms with Gasteiger partial charge in [0.15, 0.2) is 5.82 Å². The van der Waals surface area contributed by atoms with Crippen molar-refractivity contribution < 1.29 is 9.59 Å². The molecule has 3 aliphatic rings. The van der Waals surface area contributed by atoms with E-state index < -0.39 is 0 Å². The van der Waals surface area contributed by atoms with Gasteiger partial charge in [0.1, 0.15) is 11.3 Å². The van der Waals surface area contributed by atoms with Gasteiger partial charge < -0.3 is 20.1 Å². The number of carbonyl (C=O) groups is 2. The molecule has 0 aliphatic carbocycles. The number of nitrogens with one attached hydrogen (secondary N) is 2. The summed E-state index contributed by atoms with van der Waals surface area (Å²) in [5.74, 6) is 2.84. The number of nitrogens with zero attached hydrogens (tertiary/aromatic N) is 4. The lowest BCUT2D eigenvalue weighted by Crippen LogP contribution is -2.67. The molecule has 2 amide bonds. The third-order valence-corrected chi connectivity index (χ3v) is 7.28. The zero-order valence-electron chi connectivity index (χ0n) is 18.4. The summed E-state index contributed by atoms with van der Waals surface area (Å²) >= 11 is 0. The first-order valence-electron chi connectivity index (χ1n) is 11.7. The smallest absolute Gasteiger partial charge is 0.223 e. The number of fused-ring (bicyclic) bond motifs is 5. The van der Waals surface area contributed by atoms with Gasteiger partial charge in [0, 0.05) is 44.7 Å². The molecule has 0 spiro atoms. The van der Waals surface area contributed by atoms with Crippen LogP contribution < -0.4 is 10.2 Å². The zero-order chi connectivity index (χ0) is 21.5. The van der Waals surface area contributed by atoms with E-state index in [0.717, 1.165) is 61.4 Å². The highest BCUT2D eigenvalue weighted by Crippen LogP contribution is 2.42. The van der Waals surface area contributed by atoms with Crippen molar-refractivity contribution in [3.8, 4) is 0 Å². The Kier molecular flexibility index (Phi) is 5.32. The van der Waals surface area contributed by atoms with Gasteiger partial charge in [-0.25, -0.2) is 9.97 Å². The molecule has 0 unspecified atom stereocenters. The predicted molar refractivity (Wildman–Crippen MR) is 119 cm³/mol. The molecule has 2 bridgehead atoms. The van der Waals surface area contributed by atoms with E-state index in [9.17, 15) is 9.59 Å². The molecule has 166 valence electrons. The summed E-state index contributed by atoms with van der Waals surface area (Å²) in [5, 5.41) is 3.12. The lowest BCUT2D eigenvalue weighted by molar-refractivity contribution is -0.149. The van der Waals surface area contributed by atoms with Crippen molar-refractivity contribution in [3.63, 3.8) is 0 Å². The molecule has 8 heteroatoms. The summed E-state index contributed by atoms with van der Waals surface area (Å²) in [6.07, 6.45) is 7.04. The number of hydrogen-bond acceptors (Lipinski definition) is 5. The number of rotatable bonds is 5. The van der Waals surface area contributed by atoms with Crippen LogP contribution in [-0.4, -0.2) is 63.4 Å². The number of piperidine rings is 3. The molecule has 3 fully saturated rings. The number of anilines is 1. The molecule has 4 atom stereocenters. The van der Waals surface area contributed by atoms with Crippen molar-refractivity contribution in [1.82, 2.24) is 25.2 Å². The Balaban J connectivity index is 1.45. The van der Waals surface area contributed by atoms with E-state index in [4.69, 9.17) is 4.98 Å². The molecule has 2 aromatic rings. The van der Waals surface area contributed by atoms with E-state index >= 15 is 0 Å². The highest BCUT2D eigenvalue weighted by atomic mass is 16.2. The average Bonchev–Trinajstić information content (AvgIpc) is 3.22. The minimum atomic E-state index is 0.0553. The molecule has 3 aliphatic heterocycles. The largest absolute Gasteiger partial charge is 0.357 e. The summed E-state index contributed by atoms with van der Waals surface area (Å²) in [5.41, 5.74) is 1.92. The Morgan fingerprint density at radius 2 is 2.13 bits per heavy atom. The molecular formula is C23H32N6O2. The second-order valence-electron chi connectivity index (χ2n) is 9.38. The molecule has 5 rings (SSSR count). The second-order valence-corrected chi connectivity index (χ2v) is 9.38. The van der Waals surface area contributed by atoms with Crippen molar-refractivity contribution in [2.45, 2.75) is 64.5 Å². The normalized spacial score (nSPS) is 28.0. The van der Waals surface area contributed by atoms with Crippen LogP contribution in [0, 0.1) is 18.8 Å². The van der Waals surface area contributed by atoms with Crippen LogP contribution in [0.2, 0.25) is 0 Å². The second kappa shape index (κ2) is 8.13. The Bertz CT molecular complexity index is 988. The molecule has 8 nitrogen and oxygen atoms in total. The van der Waals surface area contributed by atoms with Crippen molar-refractivity contribution in [2.24, 2.45) is 11.8 Å². The third-order valence-electron chi connectivity index (χ3n) is 7.28. The van der Waals surface area contributed by atoms with E-state index in [1.165, 1.54) is 0 Å².